The molecule has 332 valence electrons. The van der Waals surface area contributed by atoms with Crippen LogP contribution in [0.4, 0.5) is 0 Å². The first-order valence-electron chi connectivity index (χ1n) is 22.9. The van der Waals surface area contributed by atoms with Gasteiger partial charge in [-0.1, -0.05) is 191 Å². The Hall–Kier alpha value is -2.03. The Morgan fingerprint density at radius 2 is 1.00 bits per heavy atom. The van der Waals surface area contributed by atoms with Gasteiger partial charge in [0.1, 0.15) is 6.61 Å². The Kier molecular flexibility index (Phi) is 39.3. The van der Waals surface area contributed by atoms with Crippen LogP contribution in [0.3, 0.4) is 0 Å². The fourth-order valence-corrected chi connectivity index (χ4v) is 6.81. The van der Waals surface area contributed by atoms with Gasteiger partial charge in [0.25, 0.3) is 0 Å². The van der Waals surface area contributed by atoms with E-state index < -0.39 is 32.5 Å². The third kappa shape index (κ3) is 44.9. The largest absolute Gasteiger partial charge is 0.469 e. The molecular formula is C47H85O9P. The lowest BCUT2D eigenvalue weighted by Crippen LogP contribution is -2.29. The van der Waals surface area contributed by atoms with Crippen molar-refractivity contribution in [2.75, 3.05) is 13.2 Å². The highest BCUT2D eigenvalue weighted by Crippen LogP contribution is 2.36. The summed E-state index contributed by atoms with van der Waals surface area (Å²) in [5, 5.41) is 9.71. The second-order valence-corrected chi connectivity index (χ2v) is 17.3. The first kappa shape index (κ1) is 55.0. The van der Waals surface area contributed by atoms with Gasteiger partial charge in [-0.3, -0.25) is 14.1 Å². The number of hydrogen-bond donors (Lipinski definition) is 3. The van der Waals surface area contributed by atoms with E-state index in [1.54, 1.807) is 0 Å². The second kappa shape index (κ2) is 40.7. The predicted molar refractivity (Wildman–Crippen MR) is 236 cm³/mol. The first-order chi connectivity index (χ1) is 27.5. The van der Waals surface area contributed by atoms with Crippen molar-refractivity contribution >= 4 is 19.8 Å². The molecule has 10 heteroatoms. The van der Waals surface area contributed by atoms with Crippen molar-refractivity contribution in [3.8, 4) is 0 Å². The topological polar surface area (TPSA) is 140 Å². The molecule has 0 rings (SSSR count). The van der Waals surface area contributed by atoms with E-state index in [4.69, 9.17) is 19.3 Å². The molecule has 0 heterocycles. The predicted octanol–water partition coefficient (Wildman–Crippen LogP) is 13.1. The lowest BCUT2D eigenvalue weighted by atomic mass is 10.0. The minimum absolute atomic E-state index is 0.121. The van der Waals surface area contributed by atoms with Crippen molar-refractivity contribution in [1.29, 1.82) is 0 Å². The molecule has 0 fully saturated rings. The Morgan fingerprint density at radius 1 is 0.561 bits per heavy atom. The van der Waals surface area contributed by atoms with Crippen LogP contribution < -0.4 is 0 Å². The number of carbonyl (C=O) groups is 2. The normalized spacial score (nSPS) is 13.5. The fourth-order valence-electron chi connectivity index (χ4n) is 6.45. The molecular weight excluding hydrogens is 739 g/mol. The number of hydrogen-bond acceptors (Lipinski definition) is 7. The molecule has 0 aromatic carbocycles. The van der Waals surface area contributed by atoms with Crippen LogP contribution in [-0.2, 0) is 28.2 Å². The maximum atomic E-state index is 12.4. The van der Waals surface area contributed by atoms with Crippen LogP contribution in [0.15, 0.2) is 48.6 Å². The highest BCUT2D eigenvalue weighted by Gasteiger charge is 2.22. The standard InChI is InChI=1S/C47H85O9P/c1-4-36-44(48)38-33-29-25-21-17-13-11-15-19-23-27-31-35-40-47(50)56-45(42-55-57(51,52)53)41-54-46(49)39-34-30-26-22-18-14-10-8-6-5-7-9-12-16-20-24-28-32-37-43(2)3/h11,15,17,21,23,27,29,33,43-45,48H,4-10,12-14,16,18-20,22,24-26,28,30-32,34-42H2,1-3H3,(H2,51,52,53)/b15-11-,21-17-,27-23-,33-29-/t44?,45-/m1/s1. The highest BCUT2D eigenvalue weighted by molar-refractivity contribution is 7.46. The monoisotopic (exact) mass is 825 g/mol. The molecule has 0 aliphatic rings. The molecule has 0 aromatic heterocycles. The maximum absolute atomic E-state index is 12.4. The molecule has 0 saturated heterocycles. The molecule has 9 nitrogen and oxygen atoms in total. The number of aliphatic hydroxyl groups is 1. The van der Waals surface area contributed by atoms with Crippen molar-refractivity contribution in [3.05, 3.63) is 48.6 Å². The van der Waals surface area contributed by atoms with Crippen LogP contribution in [0.5, 0.6) is 0 Å². The minimum Gasteiger partial charge on any atom is -0.462 e. The van der Waals surface area contributed by atoms with E-state index in [0.29, 0.717) is 25.7 Å². The zero-order valence-corrected chi connectivity index (χ0v) is 37.4. The molecule has 0 aliphatic heterocycles. The summed E-state index contributed by atoms with van der Waals surface area (Å²) in [6.45, 7) is 5.82. The third-order valence-corrected chi connectivity index (χ3v) is 10.3. The molecule has 57 heavy (non-hydrogen) atoms. The smallest absolute Gasteiger partial charge is 0.462 e. The van der Waals surface area contributed by atoms with Gasteiger partial charge in [0.15, 0.2) is 6.10 Å². The lowest BCUT2D eigenvalue weighted by Gasteiger charge is -2.18. The third-order valence-electron chi connectivity index (χ3n) is 9.83. The highest BCUT2D eigenvalue weighted by atomic mass is 31.2. The van der Waals surface area contributed by atoms with Crippen molar-refractivity contribution in [2.24, 2.45) is 5.92 Å². The molecule has 0 amide bonds. The van der Waals surface area contributed by atoms with Gasteiger partial charge in [0.05, 0.1) is 12.7 Å². The van der Waals surface area contributed by atoms with E-state index in [-0.39, 0.29) is 25.6 Å². The van der Waals surface area contributed by atoms with Crippen LogP contribution in [-0.4, -0.2) is 52.3 Å². The van der Waals surface area contributed by atoms with Gasteiger partial charge < -0.3 is 24.4 Å². The van der Waals surface area contributed by atoms with Crippen molar-refractivity contribution in [1.82, 2.24) is 0 Å². The van der Waals surface area contributed by atoms with Gasteiger partial charge in [-0.15, -0.1) is 0 Å². The second-order valence-electron chi connectivity index (χ2n) is 16.0. The minimum atomic E-state index is -4.78. The molecule has 3 N–H and O–H groups in total. The fraction of sp³-hybridized carbons (Fsp3) is 0.787. The average Bonchev–Trinajstić information content (AvgIpc) is 3.16. The van der Waals surface area contributed by atoms with E-state index in [2.05, 4.69) is 55.7 Å². The summed E-state index contributed by atoms with van der Waals surface area (Å²) < 4.78 is 26.4. The lowest BCUT2D eigenvalue weighted by molar-refractivity contribution is -0.161. The van der Waals surface area contributed by atoms with E-state index in [0.717, 1.165) is 50.9 Å². The van der Waals surface area contributed by atoms with Gasteiger partial charge >= 0.3 is 19.8 Å². The number of rotatable bonds is 41. The van der Waals surface area contributed by atoms with Crippen LogP contribution in [0.1, 0.15) is 207 Å². The van der Waals surface area contributed by atoms with Crippen LogP contribution in [0.2, 0.25) is 0 Å². The summed E-state index contributed by atoms with van der Waals surface area (Å²) in [5.41, 5.74) is 0. The summed E-state index contributed by atoms with van der Waals surface area (Å²) in [6.07, 6.45) is 46.2. The zero-order chi connectivity index (χ0) is 42.1. The Morgan fingerprint density at radius 3 is 1.47 bits per heavy atom. The van der Waals surface area contributed by atoms with E-state index in [1.807, 2.05) is 18.2 Å². The number of unbranched alkanes of at least 4 members (excludes halogenated alkanes) is 18. The zero-order valence-electron chi connectivity index (χ0n) is 36.5. The Bertz CT molecular complexity index is 1090. The molecule has 1 unspecified atom stereocenters. The summed E-state index contributed by atoms with van der Waals surface area (Å²) in [7, 11) is -4.78. The molecule has 2 atom stereocenters. The van der Waals surface area contributed by atoms with E-state index in [1.165, 1.54) is 103 Å². The number of carbonyl (C=O) groups excluding carboxylic acids is 2. The van der Waals surface area contributed by atoms with Crippen LogP contribution in [0.25, 0.3) is 0 Å². The van der Waals surface area contributed by atoms with E-state index in [9.17, 15) is 19.3 Å². The number of esters is 2. The molecule has 0 radical (unpaired) electrons. The maximum Gasteiger partial charge on any atom is 0.469 e. The number of aliphatic hydroxyl groups excluding tert-OH is 1. The summed E-state index contributed by atoms with van der Waals surface area (Å²) in [4.78, 5) is 42.9. The Labute approximate surface area is 348 Å². The van der Waals surface area contributed by atoms with Crippen LogP contribution >= 0.6 is 7.82 Å². The SMILES string of the molecule is CCCC(O)C/C=C\C/C=C\C/C=C\C/C=C\CCCC(=O)O[C@H](COC(=O)CCCCCCCCCCCCCCCCCCCCC(C)C)COP(=O)(O)O. The molecule has 0 spiro atoms. The van der Waals surface area contributed by atoms with Crippen LogP contribution in [0, 0.1) is 5.92 Å². The molecule has 0 saturated carbocycles. The molecule has 0 aromatic rings. The summed E-state index contributed by atoms with van der Waals surface area (Å²) in [6, 6.07) is 0. The van der Waals surface area contributed by atoms with Gasteiger partial charge in [-0.05, 0) is 57.3 Å². The van der Waals surface area contributed by atoms with Gasteiger partial charge in [-0.25, -0.2) is 4.57 Å². The van der Waals surface area contributed by atoms with Gasteiger partial charge in [-0.2, -0.15) is 0 Å². The number of ether oxygens (including phenoxy) is 2. The number of allylic oxidation sites excluding steroid dienone is 7. The van der Waals surface area contributed by atoms with Gasteiger partial charge in [0, 0.05) is 12.8 Å². The van der Waals surface area contributed by atoms with Gasteiger partial charge in [0.2, 0.25) is 0 Å². The summed E-state index contributed by atoms with van der Waals surface area (Å²) in [5.74, 6) is -0.120. The summed E-state index contributed by atoms with van der Waals surface area (Å²) >= 11 is 0. The first-order valence-corrected chi connectivity index (χ1v) is 24.4. The van der Waals surface area contributed by atoms with Crippen molar-refractivity contribution in [2.45, 2.75) is 219 Å². The average molecular weight is 825 g/mol. The number of phosphoric acid groups is 1. The quantitative estimate of drug-likeness (QED) is 0.0238. The molecule has 0 bridgehead atoms. The van der Waals surface area contributed by atoms with Crippen molar-refractivity contribution < 1.29 is 43.0 Å². The number of phosphoric ester groups is 1. The van der Waals surface area contributed by atoms with E-state index >= 15 is 0 Å². The Balaban J connectivity index is 3.94. The molecule has 0 aliphatic carbocycles. The van der Waals surface area contributed by atoms with Crippen molar-refractivity contribution in [3.63, 3.8) is 0 Å².